The monoisotopic (exact) mass is 363 g/mol. The normalized spacial score (nSPS) is 11.9. The van der Waals surface area contributed by atoms with E-state index in [9.17, 15) is 9.90 Å². The first-order chi connectivity index (χ1) is 11.7. The van der Waals surface area contributed by atoms with Crippen LogP contribution < -0.4 is 40.0 Å². The average Bonchev–Trinajstić information content (AvgIpc) is 2.57. The van der Waals surface area contributed by atoms with E-state index in [1.807, 2.05) is 0 Å². The quantitative estimate of drug-likeness (QED) is 0.282. The van der Waals surface area contributed by atoms with E-state index in [0.717, 1.165) is 13.0 Å². The van der Waals surface area contributed by atoms with Gasteiger partial charge in [0.05, 0.1) is 5.97 Å². The topological polar surface area (TPSA) is 52.2 Å². The van der Waals surface area contributed by atoms with Gasteiger partial charge in [0.15, 0.2) is 0 Å². The van der Waals surface area contributed by atoms with Crippen molar-refractivity contribution in [3.05, 3.63) is 0 Å². The standard InChI is InChI=1S/C21H43NO2.Na/c1-3-4-5-6-7-8-9-10-11-12-13-14-15-16-17-18-19-22-20(2)21(23)24;/h20,22H,3-19H2,1-2H3,(H,23,24);/q;+1/p-1/t20-;/m0./s1. The van der Waals surface area contributed by atoms with Gasteiger partial charge in [0, 0.05) is 6.04 Å². The van der Waals surface area contributed by atoms with Gasteiger partial charge in [-0.05, 0) is 19.9 Å². The molecule has 0 radical (unpaired) electrons. The van der Waals surface area contributed by atoms with Crippen molar-refractivity contribution in [3.63, 3.8) is 0 Å². The largest absolute Gasteiger partial charge is 1.00 e. The number of unbranched alkanes of at least 4 members (excludes halogenated alkanes) is 15. The second kappa shape index (κ2) is 22.5. The molecular weight excluding hydrogens is 321 g/mol. The van der Waals surface area contributed by atoms with Crippen molar-refractivity contribution in [2.24, 2.45) is 0 Å². The molecule has 0 aliphatic carbocycles. The fourth-order valence-electron chi connectivity index (χ4n) is 3.07. The molecule has 0 aromatic rings. The summed E-state index contributed by atoms with van der Waals surface area (Å²) in [5.74, 6) is -1.01. The SMILES string of the molecule is CCCCCCCCCCCCCCCCCCN[C@@H](C)C(=O)[O-].[Na+]. The zero-order valence-corrected chi connectivity index (χ0v) is 19.4. The zero-order valence-electron chi connectivity index (χ0n) is 17.4. The van der Waals surface area contributed by atoms with E-state index in [0.29, 0.717) is 0 Å². The van der Waals surface area contributed by atoms with Crippen LogP contribution in [0.15, 0.2) is 0 Å². The third kappa shape index (κ3) is 22.4. The maximum Gasteiger partial charge on any atom is 1.00 e. The summed E-state index contributed by atoms with van der Waals surface area (Å²) in [5.41, 5.74) is 0. The van der Waals surface area contributed by atoms with Crippen molar-refractivity contribution in [1.29, 1.82) is 0 Å². The van der Waals surface area contributed by atoms with Crippen LogP contribution in [0.25, 0.3) is 0 Å². The van der Waals surface area contributed by atoms with Crippen LogP contribution in [0.1, 0.15) is 117 Å². The van der Waals surface area contributed by atoms with Crippen LogP contribution >= 0.6 is 0 Å². The first-order valence-corrected chi connectivity index (χ1v) is 10.6. The fraction of sp³-hybridized carbons (Fsp3) is 0.952. The van der Waals surface area contributed by atoms with Gasteiger partial charge in [0.1, 0.15) is 0 Å². The maximum absolute atomic E-state index is 10.5. The molecule has 1 atom stereocenters. The van der Waals surface area contributed by atoms with E-state index in [4.69, 9.17) is 0 Å². The van der Waals surface area contributed by atoms with Crippen molar-refractivity contribution in [2.75, 3.05) is 6.54 Å². The summed E-state index contributed by atoms with van der Waals surface area (Å²) in [7, 11) is 0. The Morgan fingerprint density at radius 3 is 1.36 bits per heavy atom. The van der Waals surface area contributed by atoms with Gasteiger partial charge in [-0.1, -0.05) is 103 Å². The molecule has 0 heterocycles. The molecule has 0 unspecified atom stereocenters. The number of aliphatic carboxylic acids is 1. The van der Waals surface area contributed by atoms with E-state index in [-0.39, 0.29) is 29.6 Å². The van der Waals surface area contributed by atoms with Crippen molar-refractivity contribution >= 4 is 5.97 Å². The first kappa shape index (κ1) is 27.6. The van der Waals surface area contributed by atoms with Crippen molar-refractivity contribution < 1.29 is 39.5 Å². The summed E-state index contributed by atoms with van der Waals surface area (Å²) in [5, 5.41) is 13.5. The Hall–Kier alpha value is 0.430. The summed E-state index contributed by atoms with van der Waals surface area (Å²) in [6, 6.07) is -0.527. The van der Waals surface area contributed by atoms with E-state index in [1.54, 1.807) is 6.92 Å². The minimum absolute atomic E-state index is 0. The van der Waals surface area contributed by atoms with Gasteiger partial charge >= 0.3 is 29.6 Å². The molecule has 0 saturated heterocycles. The summed E-state index contributed by atoms with van der Waals surface area (Å²) in [6.45, 7) is 4.70. The summed E-state index contributed by atoms with van der Waals surface area (Å²) < 4.78 is 0. The van der Waals surface area contributed by atoms with Gasteiger partial charge < -0.3 is 15.2 Å². The molecule has 0 bridgehead atoms. The van der Waals surface area contributed by atoms with Crippen LogP contribution in [0.2, 0.25) is 0 Å². The Labute approximate surface area is 179 Å². The first-order valence-electron chi connectivity index (χ1n) is 10.6. The molecule has 25 heavy (non-hydrogen) atoms. The molecule has 0 aromatic carbocycles. The van der Waals surface area contributed by atoms with Crippen LogP contribution in [0.5, 0.6) is 0 Å². The molecule has 3 nitrogen and oxygen atoms in total. The van der Waals surface area contributed by atoms with Crippen molar-refractivity contribution in [2.45, 2.75) is 123 Å². The van der Waals surface area contributed by atoms with E-state index in [2.05, 4.69) is 12.2 Å². The Kier molecular flexibility index (Phi) is 24.9. The Balaban J connectivity index is 0. The van der Waals surface area contributed by atoms with Gasteiger partial charge in [-0.25, -0.2) is 0 Å². The average molecular weight is 364 g/mol. The molecule has 0 amide bonds. The molecule has 0 aliphatic rings. The second-order valence-electron chi connectivity index (χ2n) is 7.30. The third-order valence-corrected chi connectivity index (χ3v) is 4.83. The number of hydrogen-bond acceptors (Lipinski definition) is 3. The third-order valence-electron chi connectivity index (χ3n) is 4.83. The number of carbonyl (C=O) groups excluding carboxylic acids is 1. The Morgan fingerprint density at radius 2 is 1.04 bits per heavy atom. The van der Waals surface area contributed by atoms with Crippen LogP contribution in [0.4, 0.5) is 0 Å². The molecule has 4 heteroatoms. The van der Waals surface area contributed by atoms with Gasteiger partial charge in [0.2, 0.25) is 0 Å². The molecule has 0 spiro atoms. The van der Waals surface area contributed by atoms with Crippen LogP contribution in [-0.4, -0.2) is 18.6 Å². The van der Waals surface area contributed by atoms with Gasteiger partial charge in [0.25, 0.3) is 0 Å². The number of hydrogen-bond donors (Lipinski definition) is 1. The second-order valence-corrected chi connectivity index (χ2v) is 7.30. The predicted octanol–water partition coefficient (Wildman–Crippen LogP) is 1.98. The zero-order chi connectivity index (χ0) is 17.9. The minimum Gasteiger partial charge on any atom is -0.548 e. The van der Waals surface area contributed by atoms with Gasteiger partial charge in [-0.15, -0.1) is 0 Å². The molecule has 1 N–H and O–H groups in total. The fourth-order valence-corrected chi connectivity index (χ4v) is 3.07. The van der Waals surface area contributed by atoms with E-state index < -0.39 is 12.0 Å². The molecule has 0 saturated carbocycles. The Bertz CT molecular complexity index is 275. The molecular formula is C21H42NNaO2. The van der Waals surface area contributed by atoms with E-state index in [1.165, 1.54) is 96.3 Å². The number of nitrogens with one attached hydrogen (secondary N) is 1. The molecule has 144 valence electrons. The van der Waals surface area contributed by atoms with E-state index >= 15 is 0 Å². The molecule has 0 rings (SSSR count). The summed E-state index contributed by atoms with van der Waals surface area (Å²) in [4.78, 5) is 10.5. The minimum atomic E-state index is -1.01. The van der Waals surface area contributed by atoms with Crippen molar-refractivity contribution in [1.82, 2.24) is 5.32 Å². The maximum atomic E-state index is 10.5. The molecule has 0 aromatic heterocycles. The molecule has 0 aliphatic heterocycles. The van der Waals surface area contributed by atoms with Crippen LogP contribution in [0.3, 0.4) is 0 Å². The number of carbonyl (C=O) groups is 1. The van der Waals surface area contributed by atoms with Crippen LogP contribution in [-0.2, 0) is 4.79 Å². The number of rotatable bonds is 19. The smallest absolute Gasteiger partial charge is 0.548 e. The Morgan fingerprint density at radius 1 is 0.720 bits per heavy atom. The summed E-state index contributed by atoms with van der Waals surface area (Å²) >= 11 is 0. The predicted molar refractivity (Wildman–Crippen MR) is 102 cm³/mol. The van der Waals surface area contributed by atoms with Gasteiger partial charge in [-0.3, -0.25) is 0 Å². The number of carboxylic acid groups (broad SMARTS) is 1. The summed E-state index contributed by atoms with van der Waals surface area (Å²) in [6.07, 6.45) is 21.8. The number of carboxylic acids is 1. The van der Waals surface area contributed by atoms with Gasteiger partial charge in [-0.2, -0.15) is 0 Å². The van der Waals surface area contributed by atoms with Crippen molar-refractivity contribution in [3.8, 4) is 0 Å². The van der Waals surface area contributed by atoms with Crippen LogP contribution in [0, 0.1) is 0 Å². The molecule has 0 fully saturated rings.